The standard InChI is InChI=1S/C12H10O/c1-2-9-7-11(13)8-10-5-3-4-6-12(9)10/h2-8,13H,1H2. The maximum Gasteiger partial charge on any atom is 0.116 e. The normalized spacial score (nSPS) is 10.2. The van der Waals surface area contributed by atoms with Crippen LogP contribution in [0.5, 0.6) is 5.75 Å². The van der Waals surface area contributed by atoms with E-state index >= 15 is 0 Å². The largest absolute Gasteiger partial charge is 0.508 e. The van der Waals surface area contributed by atoms with E-state index in [2.05, 4.69) is 6.58 Å². The SMILES string of the molecule is C=Cc1cc(O)cc2ccccc12. The number of hydrogen-bond acceptors (Lipinski definition) is 1. The highest BCUT2D eigenvalue weighted by atomic mass is 16.3. The lowest BCUT2D eigenvalue weighted by Gasteiger charge is -2.02. The van der Waals surface area contributed by atoms with E-state index in [0.29, 0.717) is 0 Å². The van der Waals surface area contributed by atoms with E-state index in [9.17, 15) is 5.11 Å². The van der Waals surface area contributed by atoms with Gasteiger partial charge in [-0.3, -0.25) is 0 Å². The average Bonchev–Trinajstić information content (AvgIpc) is 2.16. The van der Waals surface area contributed by atoms with E-state index in [1.54, 1.807) is 18.2 Å². The van der Waals surface area contributed by atoms with Crippen molar-refractivity contribution in [2.45, 2.75) is 0 Å². The summed E-state index contributed by atoms with van der Waals surface area (Å²) in [6.45, 7) is 3.71. The molecule has 0 heterocycles. The first-order valence-corrected chi connectivity index (χ1v) is 4.15. The maximum absolute atomic E-state index is 9.39. The van der Waals surface area contributed by atoms with Crippen molar-refractivity contribution in [2.75, 3.05) is 0 Å². The zero-order valence-electron chi connectivity index (χ0n) is 7.20. The molecule has 0 aliphatic rings. The molecule has 2 aromatic carbocycles. The predicted octanol–water partition coefficient (Wildman–Crippen LogP) is 3.19. The molecule has 1 N–H and O–H groups in total. The molecule has 13 heavy (non-hydrogen) atoms. The van der Waals surface area contributed by atoms with Gasteiger partial charge in [-0.1, -0.05) is 36.9 Å². The Morgan fingerprint density at radius 3 is 2.69 bits per heavy atom. The molecule has 2 rings (SSSR count). The third-order valence-corrected chi connectivity index (χ3v) is 2.10. The highest BCUT2D eigenvalue weighted by Crippen LogP contribution is 2.24. The molecule has 0 aliphatic carbocycles. The first-order chi connectivity index (χ1) is 6.31. The van der Waals surface area contributed by atoms with E-state index in [1.807, 2.05) is 24.3 Å². The van der Waals surface area contributed by atoms with Gasteiger partial charge in [-0.05, 0) is 28.5 Å². The van der Waals surface area contributed by atoms with Gasteiger partial charge in [-0.25, -0.2) is 0 Å². The zero-order valence-corrected chi connectivity index (χ0v) is 7.20. The highest BCUT2D eigenvalue weighted by Gasteiger charge is 1.98. The van der Waals surface area contributed by atoms with Gasteiger partial charge in [0, 0.05) is 0 Å². The van der Waals surface area contributed by atoms with Gasteiger partial charge in [-0.2, -0.15) is 0 Å². The molecule has 0 bridgehead atoms. The lowest BCUT2D eigenvalue weighted by molar-refractivity contribution is 0.476. The van der Waals surface area contributed by atoms with E-state index in [-0.39, 0.29) is 5.75 Å². The third-order valence-electron chi connectivity index (χ3n) is 2.10. The fraction of sp³-hybridized carbons (Fsp3) is 0. The van der Waals surface area contributed by atoms with Gasteiger partial charge in [-0.15, -0.1) is 0 Å². The van der Waals surface area contributed by atoms with Crippen LogP contribution in [0.1, 0.15) is 5.56 Å². The molecule has 0 radical (unpaired) electrons. The molecule has 0 unspecified atom stereocenters. The van der Waals surface area contributed by atoms with Gasteiger partial charge in [0.1, 0.15) is 5.75 Å². The van der Waals surface area contributed by atoms with E-state index < -0.39 is 0 Å². The van der Waals surface area contributed by atoms with Crippen LogP contribution in [-0.4, -0.2) is 5.11 Å². The van der Waals surface area contributed by atoms with Crippen LogP contribution in [0.2, 0.25) is 0 Å². The summed E-state index contributed by atoms with van der Waals surface area (Å²) in [7, 11) is 0. The number of phenolic OH excluding ortho intramolecular Hbond substituents is 1. The van der Waals surface area contributed by atoms with Crippen LogP contribution in [0.25, 0.3) is 16.8 Å². The number of fused-ring (bicyclic) bond motifs is 1. The van der Waals surface area contributed by atoms with Crippen molar-refractivity contribution in [3.8, 4) is 5.75 Å². The topological polar surface area (TPSA) is 20.2 Å². The van der Waals surface area contributed by atoms with Crippen molar-refractivity contribution in [1.29, 1.82) is 0 Å². The van der Waals surface area contributed by atoms with E-state index in [0.717, 1.165) is 16.3 Å². The second-order valence-electron chi connectivity index (χ2n) is 2.96. The Morgan fingerprint density at radius 2 is 1.92 bits per heavy atom. The van der Waals surface area contributed by atoms with Crippen molar-refractivity contribution < 1.29 is 5.11 Å². The Bertz CT molecular complexity index is 458. The Kier molecular flexibility index (Phi) is 1.78. The summed E-state index contributed by atoms with van der Waals surface area (Å²) >= 11 is 0. The minimum absolute atomic E-state index is 0.286. The number of aromatic hydroxyl groups is 1. The molecule has 0 saturated heterocycles. The van der Waals surface area contributed by atoms with Crippen LogP contribution < -0.4 is 0 Å². The van der Waals surface area contributed by atoms with Gasteiger partial charge < -0.3 is 5.11 Å². The van der Waals surface area contributed by atoms with Gasteiger partial charge >= 0.3 is 0 Å². The average molecular weight is 170 g/mol. The monoisotopic (exact) mass is 170 g/mol. The van der Waals surface area contributed by atoms with Crippen LogP contribution in [0.4, 0.5) is 0 Å². The Labute approximate surface area is 76.9 Å². The molecule has 0 fully saturated rings. The second-order valence-corrected chi connectivity index (χ2v) is 2.96. The quantitative estimate of drug-likeness (QED) is 0.696. The number of rotatable bonds is 1. The lowest BCUT2D eigenvalue weighted by atomic mass is 10.0. The highest BCUT2D eigenvalue weighted by molar-refractivity contribution is 5.91. The first-order valence-electron chi connectivity index (χ1n) is 4.15. The van der Waals surface area contributed by atoms with Crippen molar-refractivity contribution >= 4 is 16.8 Å². The summed E-state index contributed by atoms with van der Waals surface area (Å²) in [5.41, 5.74) is 0.968. The molecule has 1 nitrogen and oxygen atoms in total. The predicted molar refractivity (Wildman–Crippen MR) is 55.7 cm³/mol. The molecular weight excluding hydrogens is 160 g/mol. The van der Waals surface area contributed by atoms with Crippen LogP contribution in [0.3, 0.4) is 0 Å². The maximum atomic E-state index is 9.39. The number of benzene rings is 2. The first kappa shape index (κ1) is 7.87. The molecule has 0 aliphatic heterocycles. The van der Waals surface area contributed by atoms with Gasteiger partial charge in [0.25, 0.3) is 0 Å². The molecule has 0 amide bonds. The third kappa shape index (κ3) is 1.29. The summed E-state index contributed by atoms with van der Waals surface area (Å²) in [5, 5.41) is 11.6. The zero-order chi connectivity index (χ0) is 9.26. The minimum atomic E-state index is 0.286. The second kappa shape index (κ2) is 2.94. The van der Waals surface area contributed by atoms with Crippen LogP contribution >= 0.6 is 0 Å². The molecule has 0 atom stereocenters. The molecular formula is C12H10O. The van der Waals surface area contributed by atoms with Gasteiger partial charge in [0.05, 0.1) is 0 Å². The summed E-state index contributed by atoms with van der Waals surface area (Å²) in [4.78, 5) is 0. The fourth-order valence-corrected chi connectivity index (χ4v) is 1.49. The van der Waals surface area contributed by atoms with E-state index in [4.69, 9.17) is 0 Å². The smallest absolute Gasteiger partial charge is 0.116 e. The van der Waals surface area contributed by atoms with Crippen molar-refractivity contribution in [3.05, 3.63) is 48.5 Å². The number of hydrogen-bond donors (Lipinski definition) is 1. The summed E-state index contributed by atoms with van der Waals surface area (Å²) in [5.74, 6) is 0.286. The Hall–Kier alpha value is -1.76. The van der Waals surface area contributed by atoms with Gasteiger partial charge in [0.15, 0.2) is 0 Å². The summed E-state index contributed by atoms with van der Waals surface area (Å²) < 4.78 is 0. The molecule has 0 aromatic heterocycles. The van der Waals surface area contributed by atoms with Crippen LogP contribution in [-0.2, 0) is 0 Å². The lowest BCUT2D eigenvalue weighted by Crippen LogP contribution is -1.77. The Morgan fingerprint density at radius 1 is 1.15 bits per heavy atom. The molecule has 1 heteroatoms. The van der Waals surface area contributed by atoms with Crippen LogP contribution in [0, 0.1) is 0 Å². The van der Waals surface area contributed by atoms with Crippen molar-refractivity contribution in [3.63, 3.8) is 0 Å². The minimum Gasteiger partial charge on any atom is -0.508 e. The van der Waals surface area contributed by atoms with Gasteiger partial charge in [0.2, 0.25) is 0 Å². The van der Waals surface area contributed by atoms with Crippen molar-refractivity contribution in [2.24, 2.45) is 0 Å². The van der Waals surface area contributed by atoms with E-state index in [1.165, 1.54) is 0 Å². The molecule has 0 saturated carbocycles. The summed E-state index contributed by atoms with van der Waals surface area (Å²) in [6.07, 6.45) is 1.75. The molecule has 0 spiro atoms. The summed E-state index contributed by atoms with van der Waals surface area (Å²) in [6, 6.07) is 11.4. The molecule has 64 valence electrons. The number of phenols is 1. The fourth-order valence-electron chi connectivity index (χ4n) is 1.49. The molecule has 2 aromatic rings. The van der Waals surface area contributed by atoms with Crippen LogP contribution in [0.15, 0.2) is 43.0 Å². The van der Waals surface area contributed by atoms with Crippen molar-refractivity contribution in [1.82, 2.24) is 0 Å². The Balaban J connectivity index is 2.89.